The molecule has 182 valence electrons. The van der Waals surface area contributed by atoms with Crippen LogP contribution in [0.2, 0.25) is 0 Å². The highest BCUT2D eigenvalue weighted by Gasteiger charge is 2.13. The van der Waals surface area contributed by atoms with Crippen molar-refractivity contribution in [2.75, 3.05) is 93.0 Å². The van der Waals surface area contributed by atoms with Crippen molar-refractivity contribution in [3.63, 3.8) is 0 Å². The first kappa shape index (κ1) is 28.3. The van der Waals surface area contributed by atoms with Crippen molar-refractivity contribution in [3.8, 4) is 0 Å². The Bertz CT molecular complexity index is 498. The summed E-state index contributed by atoms with van der Waals surface area (Å²) < 4.78 is 16.6. The summed E-state index contributed by atoms with van der Waals surface area (Å²) in [6.07, 6.45) is 4.13. The lowest BCUT2D eigenvalue weighted by molar-refractivity contribution is -0.127. The second-order valence-corrected chi connectivity index (χ2v) is 8.10. The second kappa shape index (κ2) is 17.8. The van der Waals surface area contributed by atoms with E-state index in [2.05, 4.69) is 20.5 Å². The maximum absolute atomic E-state index is 11.9. The Morgan fingerprint density at radius 3 is 2.39 bits per heavy atom. The molecule has 0 saturated carbocycles. The topological polar surface area (TPSA) is 87.7 Å². The molecule has 0 unspecified atom stereocenters. The number of carbonyl (C=O) groups excluding carboxylic acids is 1. The van der Waals surface area contributed by atoms with Gasteiger partial charge in [0.1, 0.15) is 6.54 Å². The number of aliphatic imine (C=N–C) groups is 1. The van der Waals surface area contributed by atoms with E-state index in [4.69, 9.17) is 14.2 Å². The van der Waals surface area contributed by atoms with Gasteiger partial charge in [-0.05, 0) is 38.1 Å². The van der Waals surface area contributed by atoms with Crippen LogP contribution in [-0.4, -0.2) is 115 Å². The maximum Gasteiger partial charge on any atom is 0.243 e. The molecule has 2 fully saturated rings. The molecule has 0 aliphatic carbocycles. The van der Waals surface area contributed by atoms with Crippen LogP contribution in [0.5, 0.6) is 0 Å². The predicted molar refractivity (Wildman–Crippen MR) is 133 cm³/mol. The summed E-state index contributed by atoms with van der Waals surface area (Å²) in [5, 5.41) is 6.68. The van der Waals surface area contributed by atoms with Crippen LogP contribution in [0.25, 0.3) is 0 Å². The van der Waals surface area contributed by atoms with Gasteiger partial charge in [0.15, 0.2) is 5.96 Å². The number of rotatable bonds is 12. The van der Waals surface area contributed by atoms with Crippen molar-refractivity contribution in [1.82, 2.24) is 20.4 Å². The van der Waals surface area contributed by atoms with Gasteiger partial charge >= 0.3 is 0 Å². The number of amides is 1. The quantitative estimate of drug-likeness (QED) is 0.159. The number of ether oxygens (including phenoxy) is 3. The fourth-order valence-corrected chi connectivity index (χ4v) is 3.34. The van der Waals surface area contributed by atoms with E-state index >= 15 is 0 Å². The Hall–Kier alpha value is -0.690. The van der Waals surface area contributed by atoms with Gasteiger partial charge in [0.25, 0.3) is 0 Å². The van der Waals surface area contributed by atoms with E-state index < -0.39 is 0 Å². The maximum atomic E-state index is 11.9. The number of likely N-dealkylation sites (N-methyl/N-ethyl adjacent to an activating group) is 1. The van der Waals surface area contributed by atoms with E-state index in [1.807, 2.05) is 0 Å². The molecule has 0 bridgehead atoms. The predicted octanol–water partition coefficient (Wildman–Crippen LogP) is 0.783. The average molecular weight is 556 g/mol. The lowest BCUT2D eigenvalue weighted by atomic mass is 10.0. The van der Waals surface area contributed by atoms with Crippen LogP contribution in [0.15, 0.2) is 4.99 Å². The van der Waals surface area contributed by atoms with E-state index in [1.54, 1.807) is 19.0 Å². The first-order valence-corrected chi connectivity index (χ1v) is 11.3. The summed E-state index contributed by atoms with van der Waals surface area (Å²) in [7, 11) is 3.49. The molecule has 0 radical (unpaired) electrons. The average Bonchev–Trinajstić information content (AvgIpc) is 2.77. The number of morpholine rings is 1. The molecule has 2 aliphatic heterocycles. The van der Waals surface area contributed by atoms with Gasteiger partial charge in [-0.15, -0.1) is 24.0 Å². The number of nitrogens with one attached hydrogen (secondary N) is 2. The van der Waals surface area contributed by atoms with Crippen molar-refractivity contribution in [2.24, 2.45) is 10.9 Å². The third-order valence-corrected chi connectivity index (χ3v) is 5.37. The molecule has 9 nitrogen and oxygen atoms in total. The Balaban J connectivity index is 0.00000480. The summed E-state index contributed by atoms with van der Waals surface area (Å²) in [5.74, 6) is 1.31. The van der Waals surface area contributed by atoms with E-state index in [0.29, 0.717) is 11.9 Å². The zero-order valence-electron chi connectivity index (χ0n) is 19.3. The molecule has 0 spiro atoms. The second-order valence-electron chi connectivity index (χ2n) is 8.10. The summed E-state index contributed by atoms with van der Waals surface area (Å²) in [5.41, 5.74) is 0. The molecule has 1 amide bonds. The largest absolute Gasteiger partial charge is 0.381 e. The minimum absolute atomic E-state index is 0. The highest BCUT2D eigenvalue weighted by Crippen LogP contribution is 2.14. The van der Waals surface area contributed by atoms with Crippen molar-refractivity contribution in [3.05, 3.63) is 0 Å². The van der Waals surface area contributed by atoms with E-state index in [1.165, 1.54) is 0 Å². The minimum atomic E-state index is -0.00999. The van der Waals surface area contributed by atoms with Gasteiger partial charge in [-0.3, -0.25) is 9.69 Å². The fourth-order valence-electron chi connectivity index (χ4n) is 3.34. The van der Waals surface area contributed by atoms with Crippen LogP contribution in [0.1, 0.15) is 25.7 Å². The van der Waals surface area contributed by atoms with Gasteiger partial charge < -0.3 is 29.7 Å². The Morgan fingerprint density at radius 1 is 1.06 bits per heavy atom. The van der Waals surface area contributed by atoms with Crippen molar-refractivity contribution < 1.29 is 19.0 Å². The number of hydrogen-bond donors (Lipinski definition) is 2. The highest BCUT2D eigenvalue weighted by molar-refractivity contribution is 14.0. The van der Waals surface area contributed by atoms with Gasteiger partial charge in [-0.1, -0.05) is 0 Å². The molecule has 0 aromatic heterocycles. The van der Waals surface area contributed by atoms with Crippen LogP contribution in [0.3, 0.4) is 0 Å². The fraction of sp³-hybridized carbons (Fsp3) is 0.905. The highest BCUT2D eigenvalue weighted by atomic mass is 127. The zero-order valence-corrected chi connectivity index (χ0v) is 21.6. The Labute approximate surface area is 204 Å². The molecule has 31 heavy (non-hydrogen) atoms. The molecule has 2 N–H and O–H groups in total. The summed E-state index contributed by atoms with van der Waals surface area (Å²) in [6, 6.07) is 0. The van der Waals surface area contributed by atoms with Gasteiger partial charge in [0.2, 0.25) is 5.91 Å². The molecule has 2 aliphatic rings. The Morgan fingerprint density at radius 2 is 1.71 bits per heavy atom. The van der Waals surface area contributed by atoms with Crippen molar-refractivity contribution in [1.29, 1.82) is 0 Å². The SMILES string of the molecule is CN(C)C(=O)CN=C(NCCCOCC1CCOCC1)NCCCN1CCOCC1.I. The minimum Gasteiger partial charge on any atom is -0.381 e. The summed E-state index contributed by atoms with van der Waals surface area (Å²) in [4.78, 5) is 20.3. The van der Waals surface area contributed by atoms with Crippen LogP contribution >= 0.6 is 24.0 Å². The molecule has 0 aromatic carbocycles. The van der Waals surface area contributed by atoms with Gasteiger partial charge in [-0.2, -0.15) is 0 Å². The van der Waals surface area contributed by atoms with E-state index in [-0.39, 0.29) is 36.4 Å². The summed E-state index contributed by atoms with van der Waals surface area (Å²) >= 11 is 0. The van der Waals surface area contributed by atoms with Crippen LogP contribution in [0.4, 0.5) is 0 Å². The molecule has 2 heterocycles. The van der Waals surface area contributed by atoms with Crippen LogP contribution in [0, 0.1) is 5.92 Å². The monoisotopic (exact) mass is 555 g/mol. The number of guanidine groups is 1. The zero-order chi connectivity index (χ0) is 21.4. The molecule has 10 heteroatoms. The van der Waals surface area contributed by atoms with E-state index in [9.17, 15) is 4.79 Å². The third-order valence-electron chi connectivity index (χ3n) is 5.37. The summed E-state index contributed by atoms with van der Waals surface area (Å²) in [6.45, 7) is 9.69. The molecule has 2 rings (SSSR count). The number of carbonyl (C=O) groups is 1. The van der Waals surface area contributed by atoms with Crippen molar-refractivity contribution >= 4 is 35.8 Å². The van der Waals surface area contributed by atoms with Crippen LogP contribution in [-0.2, 0) is 19.0 Å². The first-order chi connectivity index (χ1) is 14.6. The molecule has 2 saturated heterocycles. The van der Waals surface area contributed by atoms with Gasteiger partial charge in [0, 0.05) is 66.7 Å². The lowest BCUT2D eigenvalue weighted by Crippen LogP contribution is -2.41. The van der Waals surface area contributed by atoms with Gasteiger partial charge in [0.05, 0.1) is 13.2 Å². The molecule has 0 aromatic rings. The van der Waals surface area contributed by atoms with Gasteiger partial charge in [-0.25, -0.2) is 4.99 Å². The number of nitrogens with zero attached hydrogens (tertiary/aromatic N) is 3. The molecular formula is C21H42IN5O4. The normalized spacial score (nSPS) is 18.3. The number of halogens is 1. The van der Waals surface area contributed by atoms with E-state index in [0.717, 1.165) is 98.0 Å². The molecular weight excluding hydrogens is 513 g/mol. The first-order valence-electron chi connectivity index (χ1n) is 11.3. The smallest absolute Gasteiger partial charge is 0.243 e. The molecule has 0 atom stereocenters. The standard InChI is InChI=1S/C21H41N5O4.HI/c1-25(2)20(27)17-24-21(22-7-3-9-26-10-15-29-16-11-26)23-8-4-12-30-18-19-5-13-28-14-6-19;/h19H,3-18H2,1-2H3,(H2,22,23,24);1H. The number of hydrogen-bond acceptors (Lipinski definition) is 6. The third kappa shape index (κ3) is 13.5. The Kier molecular flexibility index (Phi) is 16.3. The van der Waals surface area contributed by atoms with Crippen LogP contribution < -0.4 is 10.6 Å². The van der Waals surface area contributed by atoms with Crippen molar-refractivity contribution in [2.45, 2.75) is 25.7 Å². The lowest BCUT2D eigenvalue weighted by Gasteiger charge is -2.26.